The molecule has 0 spiro atoms. The number of hydrogen-bond donors (Lipinski definition) is 2. The summed E-state index contributed by atoms with van der Waals surface area (Å²) in [6, 6.07) is 3.91. The molecule has 2 fully saturated rings. The molecule has 2 aliphatic rings. The summed E-state index contributed by atoms with van der Waals surface area (Å²) in [5, 5.41) is 2.82. The Balaban J connectivity index is 1.71. The summed E-state index contributed by atoms with van der Waals surface area (Å²) in [4.78, 5) is 28.6. The van der Waals surface area contributed by atoms with Gasteiger partial charge in [0.1, 0.15) is 18.5 Å². The molecule has 2 amide bonds. The molecule has 1 atom stereocenters. The second kappa shape index (κ2) is 10.1. The minimum absolute atomic E-state index is 0.0237. The Kier molecular flexibility index (Phi) is 7.67. The number of nitrogens with two attached hydrogens (primary N) is 1. The van der Waals surface area contributed by atoms with E-state index in [4.69, 9.17) is 10.5 Å². The highest BCUT2D eigenvalue weighted by atomic mass is 19.1. The number of carbonyl (C=O) groups is 2. The van der Waals surface area contributed by atoms with Crippen LogP contribution in [0.5, 0.6) is 0 Å². The maximum Gasteiger partial charge on any atom is 0.253 e. The van der Waals surface area contributed by atoms with E-state index >= 15 is 0 Å². The SMILES string of the molecule is CC(C)(C)CN(CC1CCC1)[C@H](CN)C(=O)Nc1ccc(N2CCOCC2=O)c(F)c1. The van der Waals surface area contributed by atoms with Crippen LogP contribution in [0.2, 0.25) is 0 Å². The molecule has 1 aliphatic heterocycles. The lowest BCUT2D eigenvalue weighted by molar-refractivity contribution is -0.125. The molecule has 0 aromatic heterocycles. The van der Waals surface area contributed by atoms with E-state index < -0.39 is 11.9 Å². The molecule has 1 aliphatic carbocycles. The van der Waals surface area contributed by atoms with E-state index in [1.807, 2.05) is 0 Å². The Morgan fingerprint density at radius 3 is 2.68 bits per heavy atom. The summed E-state index contributed by atoms with van der Waals surface area (Å²) >= 11 is 0. The Morgan fingerprint density at radius 1 is 1.39 bits per heavy atom. The highest BCUT2D eigenvalue weighted by Gasteiger charge is 2.32. The predicted molar refractivity (Wildman–Crippen MR) is 119 cm³/mol. The Morgan fingerprint density at radius 2 is 2.13 bits per heavy atom. The number of benzene rings is 1. The van der Waals surface area contributed by atoms with Crippen molar-refractivity contribution in [3.8, 4) is 0 Å². The molecule has 1 saturated carbocycles. The van der Waals surface area contributed by atoms with E-state index in [2.05, 4.69) is 31.0 Å². The van der Waals surface area contributed by atoms with Gasteiger partial charge in [0.25, 0.3) is 5.91 Å². The van der Waals surface area contributed by atoms with Crippen molar-refractivity contribution in [3.05, 3.63) is 24.0 Å². The van der Waals surface area contributed by atoms with E-state index in [1.165, 1.54) is 36.3 Å². The molecule has 31 heavy (non-hydrogen) atoms. The average molecular weight is 435 g/mol. The van der Waals surface area contributed by atoms with Crippen molar-refractivity contribution in [1.82, 2.24) is 4.90 Å². The highest BCUT2D eigenvalue weighted by molar-refractivity contribution is 5.97. The largest absolute Gasteiger partial charge is 0.370 e. The molecule has 0 bridgehead atoms. The standard InChI is InChI=1S/C23H35FN4O3/c1-23(2,3)15-27(13-16-5-4-6-16)20(12-25)22(30)26-17-7-8-19(18(24)11-17)28-9-10-31-14-21(28)29/h7-8,11,16,20H,4-6,9-10,12-15,25H2,1-3H3,(H,26,30)/t20-/m1/s1. The number of ether oxygens (including phenoxy) is 1. The van der Waals surface area contributed by atoms with Gasteiger partial charge in [-0.1, -0.05) is 27.2 Å². The number of rotatable bonds is 8. The first-order valence-corrected chi connectivity index (χ1v) is 11.1. The maximum atomic E-state index is 14.7. The summed E-state index contributed by atoms with van der Waals surface area (Å²) in [5.41, 5.74) is 6.59. The molecular weight excluding hydrogens is 399 g/mol. The van der Waals surface area contributed by atoms with Crippen molar-refractivity contribution in [1.29, 1.82) is 0 Å². The maximum absolute atomic E-state index is 14.7. The normalized spacial score (nSPS) is 18.8. The van der Waals surface area contributed by atoms with Crippen LogP contribution in [-0.4, -0.2) is 62.1 Å². The van der Waals surface area contributed by atoms with Crippen LogP contribution in [-0.2, 0) is 14.3 Å². The van der Waals surface area contributed by atoms with E-state index in [-0.39, 0.29) is 36.1 Å². The molecule has 172 valence electrons. The van der Waals surface area contributed by atoms with Crippen molar-refractivity contribution >= 4 is 23.2 Å². The van der Waals surface area contributed by atoms with Crippen LogP contribution in [0, 0.1) is 17.2 Å². The Labute approximate surface area is 184 Å². The number of amides is 2. The van der Waals surface area contributed by atoms with E-state index in [0.717, 1.165) is 13.1 Å². The number of morpholine rings is 1. The molecule has 1 aromatic carbocycles. The zero-order valence-electron chi connectivity index (χ0n) is 18.8. The zero-order chi connectivity index (χ0) is 22.6. The fraction of sp³-hybridized carbons (Fsp3) is 0.652. The third kappa shape index (κ3) is 6.24. The van der Waals surface area contributed by atoms with Gasteiger partial charge in [0.15, 0.2) is 0 Å². The molecule has 1 saturated heterocycles. The second-order valence-corrected chi connectivity index (χ2v) is 9.79. The van der Waals surface area contributed by atoms with Gasteiger partial charge in [-0.05, 0) is 42.4 Å². The molecular formula is C23H35FN4O3. The van der Waals surface area contributed by atoms with Crippen LogP contribution in [0.1, 0.15) is 40.0 Å². The summed E-state index contributed by atoms with van der Waals surface area (Å²) < 4.78 is 19.8. The molecule has 0 radical (unpaired) electrons. The Hall–Kier alpha value is -2.03. The highest BCUT2D eigenvalue weighted by Crippen LogP contribution is 2.30. The van der Waals surface area contributed by atoms with Crippen molar-refractivity contribution in [2.24, 2.45) is 17.1 Å². The van der Waals surface area contributed by atoms with Crippen LogP contribution >= 0.6 is 0 Å². The number of hydrogen-bond acceptors (Lipinski definition) is 5. The lowest BCUT2D eigenvalue weighted by Crippen LogP contribution is -2.53. The molecule has 3 rings (SSSR count). The minimum Gasteiger partial charge on any atom is -0.370 e. The predicted octanol–water partition coefficient (Wildman–Crippen LogP) is 2.60. The van der Waals surface area contributed by atoms with Crippen LogP contribution in [0.3, 0.4) is 0 Å². The van der Waals surface area contributed by atoms with Crippen LogP contribution in [0.15, 0.2) is 18.2 Å². The first-order valence-electron chi connectivity index (χ1n) is 11.1. The second-order valence-electron chi connectivity index (χ2n) is 9.79. The smallest absolute Gasteiger partial charge is 0.253 e. The molecule has 1 aromatic rings. The zero-order valence-corrected chi connectivity index (χ0v) is 18.8. The van der Waals surface area contributed by atoms with Gasteiger partial charge in [0.05, 0.1) is 12.3 Å². The van der Waals surface area contributed by atoms with Gasteiger partial charge in [0, 0.05) is 31.9 Å². The average Bonchev–Trinajstić information content (AvgIpc) is 2.65. The Bertz CT molecular complexity index is 792. The van der Waals surface area contributed by atoms with E-state index in [9.17, 15) is 14.0 Å². The first kappa shape index (κ1) is 23.6. The fourth-order valence-electron chi connectivity index (χ4n) is 4.14. The monoisotopic (exact) mass is 434 g/mol. The molecule has 7 nitrogen and oxygen atoms in total. The van der Waals surface area contributed by atoms with Crippen LogP contribution in [0.25, 0.3) is 0 Å². The summed E-state index contributed by atoms with van der Waals surface area (Å²) in [5.74, 6) is -0.468. The number of nitrogens with one attached hydrogen (secondary N) is 1. The number of halogens is 1. The molecule has 1 heterocycles. The van der Waals surface area contributed by atoms with Crippen molar-refractivity contribution in [2.45, 2.75) is 46.1 Å². The van der Waals surface area contributed by atoms with Crippen LogP contribution in [0.4, 0.5) is 15.8 Å². The number of nitrogens with zero attached hydrogens (tertiary/aromatic N) is 2. The van der Waals surface area contributed by atoms with Gasteiger partial charge in [-0.15, -0.1) is 0 Å². The van der Waals surface area contributed by atoms with Gasteiger partial charge in [-0.2, -0.15) is 0 Å². The van der Waals surface area contributed by atoms with Gasteiger partial charge in [-0.3, -0.25) is 14.5 Å². The van der Waals surface area contributed by atoms with Crippen molar-refractivity contribution < 1.29 is 18.7 Å². The van der Waals surface area contributed by atoms with E-state index in [1.54, 1.807) is 6.07 Å². The summed E-state index contributed by atoms with van der Waals surface area (Å²) in [6.45, 7) is 8.85. The molecule has 8 heteroatoms. The number of carbonyl (C=O) groups excluding carboxylic acids is 2. The third-order valence-electron chi connectivity index (χ3n) is 5.85. The molecule has 3 N–H and O–H groups in total. The van der Waals surface area contributed by atoms with E-state index in [0.29, 0.717) is 24.8 Å². The topological polar surface area (TPSA) is 87.9 Å². The van der Waals surface area contributed by atoms with Gasteiger partial charge in [0.2, 0.25) is 5.91 Å². The van der Waals surface area contributed by atoms with Gasteiger partial charge < -0.3 is 20.7 Å². The summed E-state index contributed by atoms with van der Waals surface area (Å²) in [6.07, 6.45) is 3.61. The number of anilines is 2. The summed E-state index contributed by atoms with van der Waals surface area (Å²) in [7, 11) is 0. The first-order chi connectivity index (χ1) is 14.7. The quantitative estimate of drug-likeness (QED) is 0.657. The minimum atomic E-state index is -0.557. The fourth-order valence-corrected chi connectivity index (χ4v) is 4.14. The van der Waals surface area contributed by atoms with Gasteiger partial charge >= 0.3 is 0 Å². The molecule has 0 unspecified atom stereocenters. The van der Waals surface area contributed by atoms with Crippen molar-refractivity contribution in [3.63, 3.8) is 0 Å². The van der Waals surface area contributed by atoms with Crippen LogP contribution < -0.4 is 16.0 Å². The van der Waals surface area contributed by atoms with Crippen molar-refractivity contribution in [2.75, 3.05) is 49.6 Å². The lowest BCUT2D eigenvalue weighted by atomic mass is 9.84. The lowest BCUT2D eigenvalue weighted by Gasteiger charge is -2.39. The van der Waals surface area contributed by atoms with Gasteiger partial charge in [-0.25, -0.2) is 4.39 Å². The third-order valence-corrected chi connectivity index (χ3v) is 5.85.